The number of likely N-dealkylation sites (tertiary alicyclic amines) is 1. The van der Waals surface area contributed by atoms with Gasteiger partial charge in [-0.2, -0.15) is 16.8 Å². The summed E-state index contributed by atoms with van der Waals surface area (Å²) in [5.41, 5.74) is 21.4. The van der Waals surface area contributed by atoms with Crippen molar-refractivity contribution in [2.75, 3.05) is 62.2 Å². The molecule has 11 N–H and O–H groups in total. The quantitative estimate of drug-likeness (QED) is 0.0988. The Morgan fingerprint density at radius 2 is 1.19 bits per heavy atom. The van der Waals surface area contributed by atoms with Gasteiger partial charge in [0.05, 0.1) is 19.2 Å². The van der Waals surface area contributed by atoms with E-state index in [9.17, 15) is 9.59 Å². The molecule has 1 amide bonds. The summed E-state index contributed by atoms with van der Waals surface area (Å²) in [6, 6.07) is 13.4. The monoisotopic (exact) mass is 1020 g/mol. The van der Waals surface area contributed by atoms with Crippen LogP contribution in [0.2, 0.25) is 0 Å². The molecule has 0 unspecified atom stereocenters. The van der Waals surface area contributed by atoms with Gasteiger partial charge in [-0.3, -0.25) is 4.79 Å². The van der Waals surface area contributed by atoms with Crippen LogP contribution in [0, 0.1) is 16.8 Å². The number of piperidine rings is 3. The number of aliphatic hydroxyl groups is 1. The predicted octanol–water partition coefficient (Wildman–Crippen LogP) is 6.71. The molecule has 0 spiro atoms. The maximum Gasteiger partial charge on any atom is 0.410 e. The lowest BCUT2D eigenvalue weighted by atomic mass is 9.98. The predicted molar refractivity (Wildman–Crippen MR) is 271 cm³/mol. The third kappa shape index (κ3) is 25.4. The van der Waals surface area contributed by atoms with Crippen LogP contribution in [0.4, 0.5) is 28.1 Å². The Morgan fingerprint density at radius 1 is 0.754 bits per heavy atom. The zero-order chi connectivity index (χ0) is 50.4. The second-order valence-corrected chi connectivity index (χ2v) is 17.7. The fraction of sp³-hybridized carbons (Fsp3) is 0.521. The van der Waals surface area contributed by atoms with Crippen LogP contribution in [-0.2, 0) is 4.74 Å². The number of rotatable bonds is 6. The van der Waals surface area contributed by atoms with E-state index in [0.717, 1.165) is 94.8 Å². The summed E-state index contributed by atoms with van der Waals surface area (Å²) in [5.74, 6) is 4.13. The van der Waals surface area contributed by atoms with E-state index in [1.54, 1.807) is 63.8 Å². The molecule has 21 heteroatoms. The Morgan fingerprint density at radius 3 is 1.54 bits per heavy atom. The molecule has 0 aromatic carbocycles. The van der Waals surface area contributed by atoms with Gasteiger partial charge < -0.3 is 62.2 Å². The number of aromatic nitrogens is 4. The highest BCUT2D eigenvalue weighted by Gasteiger charge is 2.28. The summed E-state index contributed by atoms with van der Waals surface area (Å²) in [5, 5.41) is 21.2. The Kier molecular flexibility index (Phi) is 25.9. The second-order valence-electron chi connectivity index (χ2n) is 17.3. The van der Waals surface area contributed by atoms with Gasteiger partial charge in [0.1, 0.15) is 69.4 Å². The molecule has 4 aliphatic rings. The molecule has 0 atom stereocenters. The minimum atomic E-state index is -0.459. The molecule has 1 aliphatic carbocycles. The van der Waals surface area contributed by atoms with Crippen molar-refractivity contribution in [3.63, 3.8) is 0 Å². The molecule has 376 valence electrons. The summed E-state index contributed by atoms with van der Waals surface area (Å²) in [6.07, 6.45) is 18.1. The number of halogens is 1. The molecule has 4 fully saturated rings. The normalized spacial score (nSPS) is 16.3. The van der Waals surface area contributed by atoms with Crippen molar-refractivity contribution in [2.24, 2.45) is 0 Å². The average molecular weight is 1020 g/mol. The third-order valence-electron chi connectivity index (χ3n) is 10.5. The molecule has 8 rings (SSSR count). The van der Waals surface area contributed by atoms with Crippen molar-refractivity contribution in [1.29, 1.82) is 5.26 Å². The van der Waals surface area contributed by atoms with Crippen molar-refractivity contribution in [1.82, 2.24) is 35.2 Å². The van der Waals surface area contributed by atoms with E-state index >= 15 is 0 Å². The van der Waals surface area contributed by atoms with Gasteiger partial charge in [-0.25, -0.2) is 19.7 Å². The van der Waals surface area contributed by atoms with Crippen LogP contribution in [0.15, 0.2) is 78.1 Å². The van der Waals surface area contributed by atoms with Crippen LogP contribution in [0.3, 0.4) is 0 Å². The van der Waals surface area contributed by atoms with E-state index in [1.165, 1.54) is 37.6 Å². The Bertz CT molecular complexity index is 2210. The number of amides is 1. The fourth-order valence-electron chi connectivity index (χ4n) is 7.08. The van der Waals surface area contributed by atoms with E-state index in [-0.39, 0.29) is 29.8 Å². The first kappa shape index (κ1) is 56.8. The second kappa shape index (κ2) is 31.5. The number of hydrogen-bond acceptors (Lipinski definition) is 17. The van der Waals surface area contributed by atoms with Gasteiger partial charge in [-0.05, 0) is 77.7 Å². The first-order valence-electron chi connectivity index (χ1n) is 23.1. The summed E-state index contributed by atoms with van der Waals surface area (Å²) >= 11 is 2.45. The number of nitrogens with one attached hydrogen (secondary N) is 2. The molecular weight excluding hydrogens is 951 g/mol. The highest BCUT2D eigenvalue weighted by atomic mass is 79.9. The van der Waals surface area contributed by atoms with Gasteiger partial charge in [-0.1, -0.05) is 19.3 Å². The van der Waals surface area contributed by atoms with Gasteiger partial charge in [0.25, 0.3) is 0 Å². The van der Waals surface area contributed by atoms with Gasteiger partial charge in [-0.15, -0.1) is 5.01 Å². The van der Waals surface area contributed by atoms with E-state index in [0.29, 0.717) is 42.5 Å². The topological polar surface area (TPSA) is 296 Å². The molecule has 4 aromatic rings. The molecule has 1 saturated carbocycles. The molecule has 4 aromatic heterocycles. The first-order valence-corrected chi connectivity index (χ1v) is 23.9. The van der Waals surface area contributed by atoms with Crippen LogP contribution >= 0.6 is 15.9 Å². The van der Waals surface area contributed by atoms with E-state index in [1.807, 2.05) is 26.8 Å². The van der Waals surface area contributed by atoms with Gasteiger partial charge in [0.15, 0.2) is 5.43 Å². The third-order valence-corrected chi connectivity index (χ3v) is 10.5. The fourth-order valence-corrected chi connectivity index (χ4v) is 7.08. The number of aromatic amines is 1. The SMILES string of the molecule is CC(C)(C)OC(=O)N1CCC(Oc2ccnc(N)c2)CC1.N#CBr.Nc1cc(=O)cc[nH]1.Nc1cc(OC2CCNCC2)ccn1.OC1CCCCC1.[C-]#[N+]N1CCC(Oc2ccnc(N)c2)CC1. The average Bonchev–Trinajstić information content (AvgIpc) is 3.31. The number of anilines is 4. The molecule has 3 saturated heterocycles. The zero-order valence-corrected chi connectivity index (χ0v) is 41.6. The number of pyridine rings is 4. The zero-order valence-electron chi connectivity index (χ0n) is 40.0. The number of nitrogens with two attached hydrogens (primary N) is 4. The molecule has 7 heterocycles. The smallest absolute Gasteiger partial charge is 0.410 e. The molecule has 20 nitrogen and oxygen atoms in total. The number of nitrogens with zero attached hydrogens (tertiary/aromatic N) is 7. The standard InChI is InChI=1S/C15H23N3O3.C11H14N4O.C10H15N3O.C6H12O.C5H6N2O.CBrN/c1-15(2,3)21-14(19)18-8-5-11(6-9-18)20-12-4-7-17-13(16)10-12;1-13-15-6-3-9(4-7-15)16-10-2-5-14-11(12)8-10;11-10-7-9(3-6-13-10)14-8-1-4-12-5-2-8;7-6-4-2-1-3-5-6;6-5-3-4(8)1-2-7-5;2-1-3/h4,7,10-11H,5-6,8-9H2,1-3H3,(H2,16,17);2,5,8-9H,3-4,6-7H2,(H2,12,14);3,6-8,12H,1-2,4-5H2,(H2,11,13);6-7H,1-5H2;1-3H,(H3,6,7,8);. The van der Waals surface area contributed by atoms with E-state index in [2.05, 4.69) is 46.1 Å². The number of H-pyrrole nitrogens is 1. The highest BCUT2D eigenvalue weighted by Crippen LogP contribution is 2.23. The van der Waals surface area contributed by atoms with Crippen LogP contribution in [0.1, 0.15) is 91.4 Å². The van der Waals surface area contributed by atoms with E-state index in [4.69, 9.17) is 58.8 Å². The minimum Gasteiger partial charge on any atom is -0.490 e. The number of ether oxygens (including phenoxy) is 4. The largest absolute Gasteiger partial charge is 0.490 e. The Balaban J connectivity index is 0.000000235. The lowest BCUT2D eigenvalue weighted by Gasteiger charge is -2.33. The summed E-state index contributed by atoms with van der Waals surface area (Å²) < 4.78 is 22.8. The maximum atomic E-state index is 12.0. The van der Waals surface area contributed by atoms with Crippen LogP contribution in [0.5, 0.6) is 17.2 Å². The van der Waals surface area contributed by atoms with E-state index < -0.39 is 5.60 Å². The first-order chi connectivity index (χ1) is 33.0. The lowest BCUT2D eigenvalue weighted by Crippen LogP contribution is -2.44. The number of nitrogen functional groups attached to an aromatic ring is 4. The van der Waals surface area contributed by atoms with Gasteiger partial charge in [0.2, 0.25) is 0 Å². The van der Waals surface area contributed by atoms with Gasteiger partial charge in [0, 0.05) is 110 Å². The number of nitriles is 1. The van der Waals surface area contributed by atoms with Gasteiger partial charge >= 0.3 is 6.09 Å². The summed E-state index contributed by atoms with van der Waals surface area (Å²) in [7, 11) is 0. The molecule has 0 radical (unpaired) electrons. The number of carbonyl (C=O) groups excluding carboxylic acids is 1. The number of aliphatic hydroxyl groups excluding tert-OH is 1. The van der Waals surface area contributed by atoms with Crippen molar-refractivity contribution < 1.29 is 28.8 Å². The van der Waals surface area contributed by atoms with Crippen molar-refractivity contribution >= 4 is 45.3 Å². The minimum absolute atomic E-state index is 0.0359. The molecule has 0 bridgehead atoms. The number of carbonyl (C=O) groups is 1. The van der Waals surface area contributed by atoms with Crippen molar-refractivity contribution in [3.05, 3.63) is 95.1 Å². The molecular formula is C48H70BrN13O7. The summed E-state index contributed by atoms with van der Waals surface area (Å²) in [6.45, 7) is 17.4. The Labute approximate surface area is 414 Å². The van der Waals surface area contributed by atoms with Crippen molar-refractivity contribution in [3.8, 4) is 22.2 Å². The number of hydrogen-bond donors (Lipinski definition) is 7. The molecule has 3 aliphatic heterocycles. The molecule has 69 heavy (non-hydrogen) atoms. The summed E-state index contributed by atoms with van der Waals surface area (Å²) in [4.78, 5) is 43.5. The van der Waals surface area contributed by atoms with Crippen LogP contribution in [-0.4, -0.2) is 110 Å². The van der Waals surface area contributed by atoms with Crippen LogP contribution < -0.4 is 47.9 Å². The lowest BCUT2D eigenvalue weighted by molar-refractivity contribution is 0.0126. The highest BCUT2D eigenvalue weighted by molar-refractivity contribution is 9.12. The van der Waals surface area contributed by atoms with Crippen LogP contribution in [0.25, 0.3) is 4.95 Å². The van der Waals surface area contributed by atoms with Crippen molar-refractivity contribution in [2.45, 2.75) is 121 Å². The Hall–Kier alpha value is -6.55. The maximum absolute atomic E-state index is 12.0.